The Labute approximate surface area is 46.5 Å². The van der Waals surface area contributed by atoms with E-state index in [9.17, 15) is 0 Å². The molecule has 1 rings (SSSR count). The van der Waals surface area contributed by atoms with E-state index < -0.39 is 0 Å². The lowest BCUT2D eigenvalue weighted by Crippen LogP contribution is -2.15. The minimum absolute atomic E-state index is 0.330. The van der Waals surface area contributed by atoms with Crippen molar-refractivity contribution in [1.29, 1.82) is 5.26 Å². The molecule has 0 radical (unpaired) electrons. The second-order valence-electron chi connectivity index (χ2n) is 1.24. The highest BCUT2D eigenvalue weighted by molar-refractivity contribution is 6.38. The van der Waals surface area contributed by atoms with Crippen LogP contribution in [0.5, 0.6) is 0 Å². The monoisotopic (exact) mass is 108 g/mol. The van der Waals surface area contributed by atoms with Crippen molar-refractivity contribution in [2.45, 2.75) is 0 Å². The average molecular weight is 108 g/mol. The first kappa shape index (κ1) is 4.78. The second-order valence-corrected chi connectivity index (χ2v) is 1.24. The molecule has 0 amide bonds. The molecule has 0 bridgehead atoms. The molecule has 4 nitrogen and oxygen atoms in total. The van der Waals surface area contributed by atoms with Crippen molar-refractivity contribution < 1.29 is 0 Å². The fourth-order valence-corrected chi connectivity index (χ4v) is 0.376. The molecule has 0 aromatic carbocycles. The van der Waals surface area contributed by atoms with Gasteiger partial charge in [-0.2, -0.15) is 10.4 Å². The fourth-order valence-electron chi connectivity index (χ4n) is 0.376. The van der Waals surface area contributed by atoms with Crippen LogP contribution >= 0.6 is 0 Å². The van der Waals surface area contributed by atoms with E-state index in [0.29, 0.717) is 12.4 Å². The van der Waals surface area contributed by atoms with Crippen molar-refractivity contribution in [1.82, 2.24) is 5.43 Å². The van der Waals surface area contributed by atoms with Gasteiger partial charge in [0.15, 0.2) is 5.71 Å². The zero-order valence-corrected chi connectivity index (χ0v) is 4.13. The van der Waals surface area contributed by atoms with Crippen LogP contribution in [0.15, 0.2) is 10.1 Å². The zero-order valence-electron chi connectivity index (χ0n) is 4.13. The molecule has 0 atom stereocenters. The highest BCUT2D eigenvalue weighted by atomic mass is 15.3. The van der Waals surface area contributed by atoms with E-state index in [1.165, 1.54) is 6.21 Å². The van der Waals surface area contributed by atoms with E-state index >= 15 is 0 Å². The van der Waals surface area contributed by atoms with Gasteiger partial charge in [0.1, 0.15) is 12.7 Å². The first-order valence-corrected chi connectivity index (χ1v) is 2.14. The third-order valence-electron chi connectivity index (χ3n) is 0.690. The molecule has 0 saturated heterocycles. The number of hydrogen-bond donors (Lipinski definition) is 1. The topological polar surface area (TPSA) is 60.5 Å². The van der Waals surface area contributed by atoms with Gasteiger partial charge in [-0.25, -0.2) is 0 Å². The molecular weight excluding hydrogens is 104 g/mol. The Balaban J connectivity index is 2.68. The number of nitriles is 1. The minimum atomic E-state index is 0.330. The molecular formula is C4H4N4. The summed E-state index contributed by atoms with van der Waals surface area (Å²) in [6, 6.07) is 1.84. The van der Waals surface area contributed by atoms with Gasteiger partial charge in [0, 0.05) is 0 Å². The molecule has 0 unspecified atom stereocenters. The van der Waals surface area contributed by atoms with Gasteiger partial charge in [-0.1, -0.05) is 0 Å². The summed E-state index contributed by atoms with van der Waals surface area (Å²) in [6.45, 7) is 0.477. The number of aliphatic imine (C=N–C) groups is 1. The molecule has 1 aliphatic rings. The Morgan fingerprint density at radius 2 is 2.75 bits per heavy atom. The summed E-state index contributed by atoms with van der Waals surface area (Å²) >= 11 is 0. The van der Waals surface area contributed by atoms with Crippen LogP contribution < -0.4 is 5.43 Å². The largest absolute Gasteiger partial charge is 0.287 e. The van der Waals surface area contributed by atoms with Crippen molar-refractivity contribution in [3.8, 4) is 6.07 Å². The van der Waals surface area contributed by atoms with Crippen LogP contribution in [0.3, 0.4) is 0 Å². The van der Waals surface area contributed by atoms with Crippen molar-refractivity contribution >= 4 is 11.9 Å². The van der Waals surface area contributed by atoms with Gasteiger partial charge < -0.3 is 0 Å². The van der Waals surface area contributed by atoms with Crippen LogP contribution in [0.4, 0.5) is 0 Å². The van der Waals surface area contributed by atoms with E-state index in [-0.39, 0.29) is 0 Å². The minimum Gasteiger partial charge on any atom is -0.287 e. The number of rotatable bonds is 0. The maximum Gasteiger partial charge on any atom is 0.178 e. The maximum atomic E-state index is 8.18. The lowest BCUT2D eigenvalue weighted by atomic mass is 10.4. The smallest absolute Gasteiger partial charge is 0.178 e. The van der Waals surface area contributed by atoms with Gasteiger partial charge in [-0.05, 0) is 0 Å². The Morgan fingerprint density at radius 1 is 1.88 bits per heavy atom. The summed E-state index contributed by atoms with van der Waals surface area (Å²) in [4.78, 5) is 3.74. The lowest BCUT2D eigenvalue weighted by molar-refractivity contribution is 0.759. The molecule has 0 saturated carbocycles. The predicted octanol–water partition coefficient (Wildman–Crippen LogP) is -0.503. The molecule has 0 aromatic heterocycles. The van der Waals surface area contributed by atoms with Crippen molar-refractivity contribution in [3.63, 3.8) is 0 Å². The fraction of sp³-hybridized carbons (Fsp3) is 0.250. The summed E-state index contributed by atoms with van der Waals surface area (Å²) in [5, 5.41) is 11.8. The van der Waals surface area contributed by atoms with E-state index in [0.717, 1.165) is 0 Å². The lowest BCUT2D eigenvalue weighted by Gasteiger charge is -1.97. The number of hydrogen-bond acceptors (Lipinski definition) is 4. The number of hydrazone groups is 1. The summed E-state index contributed by atoms with van der Waals surface area (Å²) in [5.41, 5.74) is 2.88. The van der Waals surface area contributed by atoms with Gasteiger partial charge >= 0.3 is 0 Å². The van der Waals surface area contributed by atoms with E-state index in [1.54, 1.807) is 0 Å². The first-order valence-electron chi connectivity index (χ1n) is 2.14. The van der Waals surface area contributed by atoms with Gasteiger partial charge in [0.2, 0.25) is 0 Å². The number of nitrogens with one attached hydrogen (secondary N) is 1. The maximum absolute atomic E-state index is 8.18. The summed E-state index contributed by atoms with van der Waals surface area (Å²) < 4.78 is 0. The standard InChI is InChI=1S/C4H4N4/c5-1-4-2-6-3-7-8-4/h2,7H,3H2. The van der Waals surface area contributed by atoms with Crippen LogP contribution in [0.25, 0.3) is 0 Å². The third-order valence-corrected chi connectivity index (χ3v) is 0.690. The Bertz CT molecular complexity index is 173. The van der Waals surface area contributed by atoms with Crippen LogP contribution in [0, 0.1) is 11.3 Å². The van der Waals surface area contributed by atoms with Gasteiger partial charge in [-0.15, -0.1) is 0 Å². The van der Waals surface area contributed by atoms with Gasteiger partial charge in [0.05, 0.1) is 6.21 Å². The number of nitrogens with zero attached hydrogens (tertiary/aromatic N) is 3. The van der Waals surface area contributed by atoms with E-state index in [1.807, 2.05) is 6.07 Å². The van der Waals surface area contributed by atoms with E-state index in [4.69, 9.17) is 5.26 Å². The average Bonchev–Trinajstić information content (AvgIpc) is 1.90. The molecule has 0 spiro atoms. The summed E-state index contributed by atoms with van der Waals surface area (Å²) in [7, 11) is 0. The highest BCUT2D eigenvalue weighted by Crippen LogP contribution is 1.76. The van der Waals surface area contributed by atoms with Gasteiger partial charge in [0.25, 0.3) is 0 Å². The van der Waals surface area contributed by atoms with Crippen LogP contribution in [-0.4, -0.2) is 18.6 Å². The first-order chi connectivity index (χ1) is 3.93. The Morgan fingerprint density at radius 3 is 3.12 bits per heavy atom. The third kappa shape index (κ3) is 0.819. The Kier molecular flexibility index (Phi) is 1.24. The molecule has 8 heavy (non-hydrogen) atoms. The van der Waals surface area contributed by atoms with Crippen molar-refractivity contribution in [3.05, 3.63) is 0 Å². The molecule has 0 aromatic rings. The molecule has 0 aliphatic carbocycles. The zero-order chi connectivity index (χ0) is 5.82. The molecule has 1 heterocycles. The van der Waals surface area contributed by atoms with Crippen LogP contribution in [-0.2, 0) is 0 Å². The van der Waals surface area contributed by atoms with Crippen molar-refractivity contribution in [2.75, 3.05) is 6.67 Å². The van der Waals surface area contributed by atoms with Gasteiger partial charge in [-0.3, -0.25) is 10.4 Å². The molecule has 0 fully saturated rings. The quantitative estimate of drug-likeness (QED) is 0.454. The summed E-state index contributed by atoms with van der Waals surface area (Å²) in [5.74, 6) is 0. The van der Waals surface area contributed by atoms with Crippen molar-refractivity contribution in [2.24, 2.45) is 10.1 Å². The Hall–Kier alpha value is -1.37. The van der Waals surface area contributed by atoms with E-state index in [2.05, 4.69) is 15.5 Å². The molecule has 1 aliphatic heterocycles. The molecule has 40 valence electrons. The SMILES string of the molecule is N#CC1=NNCN=C1. The van der Waals surface area contributed by atoms with Crippen LogP contribution in [0.1, 0.15) is 0 Å². The molecule has 1 N–H and O–H groups in total. The highest BCUT2D eigenvalue weighted by Gasteiger charge is 1.93. The second kappa shape index (κ2) is 2.07. The van der Waals surface area contributed by atoms with Crippen LogP contribution in [0.2, 0.25) is 0 Å². The predicted molar refractivity (Wildman–Crippen MR) is 29.5 cm³/mol. The summed E-state index contributed by atoms with van der Waals surface area (Å²) in [6.07, 6.45) is 1.44. The molecule has 4 heteroatoms. The normalized spacial score (nSPS) is 16.1.